The average molecular weight is 551 g/mol. The smallest absolute Gasteiger partial charge is 0.203 e. The molecule has 13 heteroatoms. The van der Waals surface area contributed by atoms with E-state index in [9.17, 15) is 5.26 Å². The molecule has 1 heterocycles. The van der Waals surface area contributed by atoms with Crippen molar-refractivity contribution < 1.29 is 14.2 Å². The molecule has 0 unspecified atom stereocenters. The normalized spacial score (nSPS) is 10.3. The lowest BCUT2D eigenvalue weighted by Crippen LogP contribution is -2.34. The summed E-state index contributed by atoms with van der Waals surface area (Å²) in [5.41, 5.74) is 12.9. The lowest BCUT2D eigenvalue weighted by atomic mass is 10.1. The minimum atomic E-state index is -0.0214. The van der Waals surface area contributed by atoms with Crippen LogP contribution in [0.25, 0.3) is 11.3 Å². The van der Waals surface area contributed by atoms with E-state index < -0.39 is 0 Å². The summed E-state index contributed by atoms with van der Waals surface area (Å²) < 4.78 is 16.3. The average Bonchev–Trinajstić information content (AvgIpc) is 2.86. The van der Waals surface area contributed by atoms with Crippen LogP contribution in [-0.2, 0) is 5.75 Å². The topological polar surface area (TPSA) is 127 Å². The molecule has 1 aromatic heterocycles. The molecule has 0 aliphatic rings. The molecule has 0 saturated carbocycles. The van der Waals surface area contributed by atoms with E-state index in [4.69, 9.17) is 55.4 Å². The molecule has 0 aliphatic heterocycles. The molecule has 0 saturated heterocycles. The summed E-state index contributed by atoms with van der Waals surface area (Å²) in [6, 6.07) is 10.9. The Hall–Kier alpha value is -3.17. The van der Waals surface area contributed by atoms with E-state index >= 15 is 0 Å². The molecule has 3 rings (SSSR count). The Labute approximate surface area is 221 Å². The Morgan fingerprint density at radius 2 is 1.77 bits per heavy atom. The van der Waals surface area contributed by atoms with Crippen molar-refractivity contribution in [2.24, 2.45) is 5.73 Å². The van der Waals surface area contributed by atoms with Crippen LogP contribution in [0.2, 0.25) is 10.0 Å². The standard InChI is InChI=1S/C22H20Cl2N6O3S2/c1-31-16-7-12(8-17(32-2)19(16)33-3)18-13(9-25)20(29-30-21(26)34)28-22(27-18)35-10-11-4-5-14(23)15(24)6-11/h4-8H,10H2,1-3H3,(H3,26,30,34)(H,27,28,29). The third-order valence-corrected chi connectivity index (χ3v) is 6.35. The van der Waals surface area contributed by atoms with Gasteiger partial charge in [0.2, 0.25) is 5.75 Å². The zero-order chi connectivity index (χ0) is 25.5. The predicted molar refractivity (Wildman–Crippen MR) is 141 cm³/mol. The molecule has 0 atom stereocenters. The molecule has 35 heavy (non-hydrogen) atoms. The Bertz CT molecular complexity index is 1280. The lowest BCUT2D eigenvalue weighted by molar-refractivity contribution is 0.324. The van der Waals surface area contributed by atoms with E-state index in [2.05, 4.69) is 26.9 Å². The van der Waals surface area contributed by atoms with Crippen molar-refractivity contribution in [3.63, 3.8) is 0 Å². The number of nitrogens with zero attached hydrogens (tertiary/aromatic N) is 3. The van der Waals surface area contributed by atoms with E-state index in [1.807, 2.05) is 6.07 Å². The highest BCUT2D eigenvalue weighted by Gasteiger charge is 2.21. The van der Waals surface area contributed by atoms with Gasteiger partial charge in [-0.3, -0.25) is 10.9 Å². The first-order valence-corrected chi connectivity index (χ1v) is 12.0. The highest BCUT2D eigenvalue weighted by Crippen LogP contribution is 2.42. The highest BCUT2D eigenvalue weighted by molar-refractivity contribution is 7.98. The van der Waals surface area contributed by atoms with Crippen LogP contribution in [0.1, 0.15) is 11.1 Å². The van der Waals surface area contributed by atoms with Gasteiger partial charge >= 0.3 is 0 Å². The van der Waals surface area contributed by atoms with Crippen molar-refractivity contribution in [1.29, 1.82) is 5.26 Å². The lowest BCUT2D eigenvalue weighted by Gasteiger charge is -2.16. The SMILES string of the molecule is COc1cc(-c2nc(SCc3ccc(Cl)c(Cl)c3)nc(NNC(N)=S)c2C#N)cc(OC)c1OC. The van der Waals surface area contributed by atoms with E-state index in [-0.39, 0.29) is 16.5 Å². The summed E-state index contributed by atoms with van der Waals surface area (Å²) in [4.78, 5) is 9.12. The summed E-state index contributed by atoms with van der Waals surface area (Å²) in [6.07, 6.45) is 0. The zero-order valence-corrected chi connectivity index (χ0v) is 22.0. The van der Waals surface area contributed by atoms with Gasteiger partial charge in [-0.2, -0.15) is 5.26 Å². The molecule has 2 aromatic carbocycles. The number of nitriles is 1. The Kier molecular flexibility index (Phi) is 9.06. The van der Waals surface area contributed by atoms with Gasteiger partial charge in [0, 0.05) is 11.3 Å². The third kappa shape index (κ3) is 6.29. The fourth-order valence-corrected chi connectivity index (χ4v) is 4.18. The second-order valence-electron chi connectivity index (χ2n) is 6.76. The monoisotopic (exact) mass is 550 g/mol. The fourth-order valence-electron chi connectivity index (χ4n) is 3.03. The minimum absolute atomic E-state index is 0.0214. The van der Waals surface area contributed by atoms with Crippen molar-refractivity contribution in [2.75, 3.05) is 26.8 Å². The molecule has 0 bridgehead atoms. The molecule has 182 valence electrons. The number of aromatic nitrogens is 2. The number of rotatable bonds is 9. The number of methoxy groups -OCH3 is 3. The molecular weight excluding hydrogens is 531 g/mol. The van der Waals surface area contributed by atoms with Gasteiger partial charge in [0.25, 0.3) is 0 Å². The largest absolute Gasteiger partial charge is 0.493 e. The molecule has 4 N–H and O–H groups in total. The van der Waals surface area contributed by atoms with Crippen LogP contribution in [0.3, 0.4) is 0 Å². The number of hydrazine groups is 1. The van der Waals surface area contributed by atoms with E-state index in [1.54, 1.807) is 24.3 Å². The number of halogens is 2. The number of benzene rings is 2. The maximum Gasteiger partial charge on any atom is 0.203 e. The summed E-state index contributed by atoms with van der Waals surface area (Å²) in [5, 5.41) is 11.2. The highest BCUT2D eigenvalue weighted by atomic mass is 35.5. The van der Waals surface area contributed by atoms with Crippen LogP contribution in [0.15, 0.2) is 35.5 Å². The van der Waals surface area contributed by atoms with E-state index in [0.29, 0.717) is 49.5 Å². The Morgan fingerprint density at radius 3 is 2.31 bits per heavy atom. The number of thioether (sulfide) groups is 1. The van der Waals surface area contributed by atoms with E-state index in [0.717, 1.165) is 5.56 Å². The first-order chi connectivity index (χ1) is 16.8. The number of anilines is 1. The van der Waals surface area contributed by atoms with Crippen LogP contribution in [0.5, 0.6) is 17.2 Å². The molecule has 0 amide bonds. The maximum atomic E-state index is 9.95. The van der Waals surface area contributed by atoms with Crippen molar-refractivity contribution in [3.8, 4) is 34.6 Å². The summed E-state index contributed by atoms with van der Waals surface area (Å²) >= 11 is 18.4. The third-order valence-electron chi connectivity index (χ3n) is 4.59. The fraction of sp³-hybridized carbons (Fsp3) is 0.182. The predicted octanol–water partition coefficient (Wildman–Crippen LogP) is 4.80. The van der Waals surface area contributed by atoms with Crippen LogP contribution in [0, 0.1) is 11.3 Å². The van der Waals surface area contributed by atoms with Crippen molar-refractivity contribution in [2.45, 2.75) is 10.9 Å². The van der Waals surface area contributed by atoms with Gasteiger partial charge < -0.3 is 19.9 Å². The van der Waals surface area contributed by atoms with Gasteiger partial charge in [-0.15, -0.1) is 0 Å². The molecule has 9 nitrogen and oxygen atoms in total. The molecule has 0 fully saturated rings. The first kappa shape index (κ1) is 26.4. The molecule has 3 aromatic rings. The number of nitrogens with two attached hydrogens (primary N) is 1. The van der Waals surface area contributed by atoms with Gasteiger partial charge in [0.05, 0.1) is 37.1 Å². The Morgan fingerprint density at radius 1 is 1.09 bits per heavy atom. The van der Waals surface area contributed by atoms with Crippen molar-refractivity contribution in [1.82, 2.24) is 15.4 Å². The minimum Gasteiger partial charge on any atom is -0.493 e. The number of hydrogen-bond donors (Lipinski definition) is 3. The second-order valence-corrected chi connectivity index (χ2v) is 8.95. The molecule has 0 aliphatic carbocycles. The van der Waals surface area contributed by atoms with Gasteiger partial charge in [-0.25, -0.2) is 9.97 Å². The summed E-state index contributed by atoms with van der Waals surface area (Å²) in [5.74, 6) is 1.92. The summed E-state index contributed by atoms with van der Waals surface area (Å²) in [7, 11) is 4.51. The molecule has 0 radical (unpaired) electrons. The zero-order valence-electron chi connectivity index (χ0n) is 18.8. The van der Waals surface area contributed by atoms with Gasteiger partial charge in [-0.05, 0) is 42.0 Å². The van der Waals surface area contributed by atoms with Crippen LogP contribution in [0.4, 0.5) is 5.82 Å². The van der Waals surface area contributed by atoms with Gasteiger partial charge in [0.1, 0.15) is 11.6 Å². The molecular formula is C22H20Cl2N6O3S2. The quantitative estimate of drug-likeness (QED) is 0.147. The number of ether oxygens (including phenoxy) is 3. The van der Waals surface area contributed by atoms with Crippen LogP contribution < -0.4 is 30.8 Å². The Balaban J connectivity index is 2.11. The number of thiocarbonyl (C=S) groups is 1. The van der Waals surface area contributed by atoms with Crippen molar-refractivity contribution >= 4 is 58.1 Å². The van der Waals surface area contributed by atoms with Crippen LogP contribution >= 0.6 is 47.2 Å². The summed E-state index contributed by atoms with van der Waals surface area (Å²) in [6.45, 7) is 0. The first-order valence-electron chi connectivity index (χ1n) is 9.82. The van der Waals surface area contributed by atoms with Crippen LogP contribution in [-0.4, -0.2) is 36.4 Å². The number of hydrogen-bond acceptors (Lipinski definition) is 9. The maximum absolute atomic E-state index is 9.95. The second kappa shape index (κ2) is 12.0. The van der Waals surface area contributed by atoms with Gasteiger partial charge in [-0.1, -0.05) is 41.0 Å². The van der Waals surface area contributed by atoms with Crippen molar-refractivity contribution in [3.05, 3.63) is 51.5 Å². The molecule has 0 spiro atoms. The number of nitrogens with one attached hydrogen (secondary N) is 2. The van der Waals surface area contributed by atoms with E-state index in [1.165, 1.54) is 33.1 Å². The van der Waals surface area contributed by atoms with Gasteiger partial charge in [0.15, 0.2) is 27.6 Å².